The number of fused-ring (bicyclic) bond motifs is 5. The highest BCUT2D eigenvalue weighted by atomic mass is 19.3. The van der Waals surface area contributed by atoms with Crippen molar-refractivity contribution in [2.75, 3.05) is 0 Å². The average molecular weight is 296 g/mol. The maximum Gasteiger partial charge on any atom is 0.251 e. The van der Waals surface area contributed by atoms with Gasteiger partial charge in [-0.15, -0.1) is 0 Å². The third-order valence-electron chi connectivity index (χ3n) is 8.34. The summed E-state index contributed by atoms with van der Waals surface area (Å²) in [6.07, 6.45) is 10.5. The van der Waals surface area contributed by atoms with Gasteiger partial charge in [0.1, 0.15) is 0 Å². The first-order chi connectivity index (χ1) is 9.87. The highest BCUT2D eigenvalue weighted by Gasteiger charge is 2.64. The van der Waals surface area contributed by atoms with E-state index in [0.29, 0.717) is 23.2 Å². The van der Waals surface area contributed by atoms with Crippen LogP contribution in [0.2, 0.25) is 0 Å². The maximum absolute atomic E-state index is 14.9. The van der Waals surface area contributed by atoms with Crippen molar-refractivity contribution in [3.05, 3.63) is 0 Å². The lowest BCUT2D eigenvalue weighted by atomic mass is 9.44. The van der Waals surface area contributed by atoms with Crippen LogP contribution in [0.4, 0.5) is 8.78 Å². The van der Waals surface area contributed by atoms with Gasteiger partial charge in [-0.3, -0.25) is 0 Å². The summed E-state index contributed by atoms with van der Waals surface area (Å²) in [5.74, 6) is -1.26. The van der Waals surface area contributed by atoms with Crippen molar-refractivity contribution in [1.29, 1.82) is 0 Å². The molecule has 4 aliphatic rings. The Bertz CT molecular complexity index is 431. The molecule has 0 aromatic rings. The Hall–Kier alpha value is -0.140. The molecule has 120 valence electrons. The molecule has 0 spiro atoms. The molecule has 0 amide bonds. The third kappa shape index (κ3) is 1.89. The molecule has 0 aromatic heterocycles. The standard InChI is InChI=1S/C19H30F2/c1-17-9-5-6-14(17)13-12-19(20,21)16-7-3-4-10-18(16,2)15(13)8-11-17/h13-16H,3-12H2,1-2H3/t13-,14-,15+,16?,17-,18+/m0/s1. The van der Waals surface area contributed by atoms with Crippen molar-refractivity contribution in [3.63, 3.8) is 0 Å². The summed E-state index contributed by atoms with van der Waals surface area (Å²) in [7, 11) is 0. The second-order valence-electron chi connectivity index (χ2n) is 9.23. The summed E-state index contributed by atoms with van der Waals surface area (Å²) >= 11 is 0. The monoisotopic (exact) mass is 296 g/mol. The zero-order valence-electron chi connectivity index (χ0n) is 13.6. The van der Waals surface area contributed by atoms with Crippen LogP contribution in [-0.4, -0.2) is 5.92 Å². The van der Waals surface area contributed by atoms with E-state index in [0.717, 1.165) is 19.3 Å². The molecule has 0 saturated heterocycles. The molecule has 0 bridgehead atoms. The van der Waals surface area contributed by atoms with Crippen molar-refractivity contribution < 1.29 is 8.78 Å². The molecule has 0 N–H and O–H groups in total. The van der Waals surface area contributed by atoms with Gasteiger partial charge in [0.15, 0.2) is 0 Å². The second kappa shape index (κ2) is 4.45. The van der Waals surface area contributed by atoms with Crippen LogP contribution in [0.3, 0.4) is 0 Å². The molecule has 4 saturated carbocycles. The first-order valence-corrected chi connectivity index (χ1v) is 9.25. The lowest BCUT2D eigenvalue weighted by Crippen LogP contribution is -2.58. The predicted molar refractivity (Wildman–Crippen MR) is 81.3 cm³/mol. The Labute approximate surface area is 128 Å². The summed E-state index contributed by atoms with van der Waals surface area (Å²) in [4.78, 5) is 0. The van der Waals surface area contributed by atoms with Crippen LogP contribution in [0.25, 0.3) is 0 Å². The molecule has 6 atom stereocenters. The molecule has 4 aliphatic carbocycles. The molecule has 1 unspecified atom stereocenters. The minimum absolute atomic E-state index is 0.0748. The predicted octanol–water partition coefficient (Wildman–Crippen LogP) is 6.05. The van der Waals surface area contributed by atoms with Crippen LogP contribution >= 0.6 is 0 Å². The smallest absolute Gasteiger partial charge is 0.207 e. The van der Waals surface area contributed by atoms with E-state index in [9.17, 15) is 8.78 Å². The first-order valence-electron chi connectivity index (χ1n) is 9.25. The molecule has 0 radical (unpaired) electrons. The average Bonchev–Trinajstić information content (AvgIpc) is 2.80. The number of alkyl halides is 2. The second-order valence-corrected chi connectivity index (χ2v) is 9.23. The Balaban J connectivity index is 1.72. The van der Waals surface area contributed by atoms with E-state index in [4.69, 9.17) is 0 Å². The molecule has 4 fully saturated rings. The summed E-state index contributed by atoms with van der Waals surface area (Å²) in [5.41, 5.74) is 0.309. The highest BCUT2D eigenvalue weighted by Crippen LogP contribution is 2.68. The first kappa shape index (κ1) is 14.5. The van der Waals surface area contributed by atoms with Gasteiger partial charge in [-0.25, -0.2) is 8.78 Å². The molecule has 0 aromatic carbocycles. The van der Waals surface area contributed by atoms with Crippen LogP contribution in [0, 0.1) is 34.5 Å². The van der Waals surface area contributed by atoms with Crippen LogP contribution in [0.1, 0.15) is 78.1 Å². The zero-order chi connectivity index (χ0) is 14.9. The van der Waals surface area contributed by atoms with Crippen LogP contribution in [-0.2, 0) is 0 Å². The Morgan fingerprint density at radius 2 is 1.62 bits per heavy atom. The van der Waals surface area contributed by atoms with Gasteiger partial charge in [-0.05, 0) is 67.1 Å². The summed E-state index contributed by atoms with van der Waals surface area (Å²) in [5, 5.41) is 0. The van der Waals surface area contributed by atoms with Gasteiger partial charge in [0.25, 0.3) is 5.92 Å². The summed E-state index contributed by atoms with van der Waals surface area (Å²) in [6, 6.07) is 0. The lowest BCUT2D eigenvalue weighted by molar-refractivity contribution is -0.222. The SMILES string of the molecule is C[C@@]12CCC[C@H]1[C@@H]1CC(F)(F)C3CCCC[C@]3(C)[C@@H]1CC2. The maximum atomic E-state index is 14.9. The minimum Gasteiger partial charge on any atom is -0.207 e. The largest absolute Gasteiger partial charge is 0.251 e. The van der Waals surface area contributed by atoms with Gasteiger partial charge >= 0.3 is 0 Å². The van der Waals surface area contributed by atoms with Crippen LogP contribution in [0.5, 0.6) is 0 Å². The summed E-state index contributed by atoms with van der Waals surface area (Å²) in [6.45, 7) is 4.63. The minimum atomic E-state index is -2.41. The molecular weight excluding hydrogens is 266 g/mol. The fourth-order valence-corrected chi connectivity index (χ4v) is 7.34. The van der Waals surface area contributed by atoms with Crippen molar-refractivity contribution in [2.45, 2.75) is 84.0 Å². The molecule has 0 heterocycles. The van der Waals surface area contributed by atoms with Crippen LogP contribution in [0.15, 0.2) is 0 Å². The Morgan fingerprint density at radius 3 is 2.43 bits per heavy atom. The Kier molecular flexibility index (Phi) is 3.06. The van der Waals surface area contributed by atoms with E-state index in [1.54, 1.807) is 0 Å². The highest BCUT2D eigenvalue weighted by molar-refractivity contribution is 5.10. The van der Waals surface area contributed by atoms with E-state index in [2.05, 4.69) is 13.8 Å². The van der Waals surface area contributed by atoms with Gasteiger partial charge in [-0.1, -0.05) is 33.1 Å². The van der Waals surface area contributed by atoms with Crippen molar-refractivity contribution in [2.24, 2.45) is 34.5 Å². The number of hydrogen-bond acceptors (Lipinski definition) is 0. The van der Waals surface area contributed by atoms with E-state index >= 15 is 0 Å². The molecule has 0 aliphatic heterocycles. The van der Waals surface area contributed by atoms with Gasteiger partial charge < -0.3 is 0 Å². The zero-order valence-corrected chi connectivity index (χ0v) is 13.6. The van der Waals surface area contributed by atoms with Gasteiger partial charge in [0.2, 0.25) is 0 Å². The fraction of sp³-hybridized carbons (Fsp3) is 1.00. The molecule has 4 rings (SSSR count). The topological polar surface area (TPSA) is 0 Å². The Morgan fingerprint density at radius 1 is 0.810 bits per heavy atom. The molecule has 21 heavy (non-hydrogen) atoms. The number of halogens is 2. The quantitative estimate of drug-likeness (QED) is 0.510. The van der Waals surface area contributed by atoms with Gasteiger partial charge in [0.05, 0.1) is 0 Å². The van der Waals surface area contributed by atoms with Crippen LogP contribution < -0.4 is 0 Å². The van der Waals surface area contributed by atoms with Crippen molar-refractivity contribution >= 4 is 0 Å². The normalized spacial score (nSPS) is 55.4. The summed E-state index contributed by atoms with van der Waals surface area (Å²) < 4.78 is 29.9. The van der Waals surface area contributed by atoms with E-state index in [1.807, 2.05) is 0 Å². The van der Waals surface area contributed by atoms with E-state index in [1.165, 1.54) is 38.5 Å². The van der Waals surface area contributed by atoms with E-state index < -0.39 is 5.92 Å². The number of hydrogen-bond donors (Lipinski definition) is 0. The fourth-order valence-electron chi connectivity index (χ4n) is 7.34. The van der Waals surface area contributed by atoms with Crippen molar-refractivity contribution in [3.8, 4) is 0 Å². The molecular formula is C19H30F2. The molecule has 0 nitrogen and oxygen atoms in total. The lowest BCUT2D eigenvalue weighted by Gasteiger charge is -2.61. The van der Waals surface area contributed by atoms with E-state index in [-0.39, 0.29) is 17.8 Å². The molecule has 2 heteroatoms. The van der Waals surface area contributed by atoms with Crippen molar-refractivity contribution in [1.82, 2.24) is 0 Å². The van der Waals surface area contributed by atoms with Gasteiger partial charge in [-0.2, -0.15) is 0 Å². The number of rotatable bonds is 0. The van der Waals surface area contributed by atoms with Gasteiger partial charge in [0, 0.05) is 12.3 Å². The third-order valence-corrected chi connectivity index (χ3v) is 8.34.